The van der Waals surface area contributed by atoms with E-state index < -0.39 is 85.6 Å². The average Bonchev–Trinajstić information content (AvgIpc) is 3.96. The van der Waals surface area contributed by atoms with Crippen LogP contribution in [-0.2, 0) is 24.4 Å². The standard InChI is InChI=1S/C41H52ClF2N7O8S/c1-22-10-8-9-11-25-19-41(25,35(54)48-60(57,58)39(6)14-15-39)47-32(52)30-18-27(59-33-28-17-26(42)12-13-29(28)50-20-24(3)45-36(50)46-33)21-49(30)34(53)31(23(2)16-22)51(37(55)56)38(4,5)40(7,43)44/h9,11-13,17,20,22-23,25,27,30-31H,8,10,14-16,18-19,21H2,1-7H3,(H,47,52)(H,48,54)(H,55,56)/t22-,23-,25-,27-,30+,31+,41-/m1/s1. The Morgan fingerprint density at radius 1 is 1.13 bits per heavy atom. The molecule has 4 heterocycles. The summed E-state index contributed by atoms with van der Waals surface area (Å²) in [7, 11) is -4.10. The van der Waals surface area contributed by atoms with Gasteiger partial charge in [0, 0.05) is 30.5 Å². The summed E-state index contributed by atoms with van der Waals surface area (Å²) in [5.74, 6) is -7.34. The molecule has 3 aromatic rings. The SMILES string of the molecule is Cc1cn2c(n1)nc(O[C@@H]1C[C@H]3C(=O)N[C@]4(C(=O)NS(=O)(=O)C5(C)CC5)C[C@H]4C=CCC[C@@H](C)C[C@@H](C)[C@H](N(C(=O)O)C(C)(C)C(C)(F)F)C(=O)N3C1)c1cc(Cl)ccc12. The Morgan fingerprint density at radius 3 is 2.48 bits per heavy atom. The molecule has 0 unspecified atom stereocenters. The quantitative estimate of drug-likeness (QED) is 0.231. The zero-order valence-corrected chi connectivity index (χ0v) is 36.2. The summed E-state index contributed by atoms with van der Waals surface area (Å²) in [6.07, 6.45) is 4.69. The summed E-state index contributed by atoms with van der Waals surface area (Å²) in [6, 6.07) is 2.01. The molecule has 4 aliphatic rings. The van der Waals surface area contributed by atoms with Gasteiger partial charge < -0.3 is 20.1 Å². The van der Waals surface area contributed by atoms with Crippen molar-refractivity contribution in [2.75, 3.05) is 6.54 Å². The largest absolute Gasteiger partial charge is 0.472 e. The van der Waals surface area contributed by atoms with Gasteiger partial charge in [-0.2, -0.15) is 4.98 Å². The number of alkyl halides is 2. The third-order valence-corrected chi connectivity index (χ3v) is 15.5. The number of fused-ring (bicyclic) bond motifs is 5. The van der Waals surface area contributed by atoms with E-state index in [4.69, 9.17) is 16.3 Å². The molecule has 1 saturated heterocycles. The van der Waals surface area contributed by atoms with Gasteiger partial charge in [0.25, 0.3) is 11.8 Å². The fraction of sp³-hybridized carbons (Fsp3) is 0.610. The van der Waals surface area contributed by atoms with E-state index in [1.54, 1.807) is 48.7 Å². The van der Waals surface area contributed by atoms with E-state index in [1.807, 2.05) is 13.0 Å². The van der Waals surface area contributed by atoms with Crippen molar-refractivity contribution in [1.82, 2.24) is 34.2 Å². The first-order chi connectivity index (χ1) is 27.9. The van der Waals surface area contributed by atoms with Crippen molar-refractivity contribution < 1.29 is 46.2 Å². The summed E-state index contributed by atoms with van der Waals surface area (Å²) in [5, 5.41) is 14.3. The number of hydrogen-bond acceptors (Lipinski definition) is 9. The topological polar surface area (TPSA) is 193 Å². The van der Waals surface area contributed by atoms with E-state index in [1.165, 1.54) is 6.92 Å². The molecule has 0 radical (unpaired) electrons. The van der Waals surface area contributed by atoms with Gasteiger partial charge in [-0.05, 0) is 96.3 Å². The number of carboxylic acid groups (broad SMARTS) is 1. The monoisotopic (exact) mass is 875 g/mol. The maximum atomic E-state index is 15.4. The zero-order chi connectivity index (χ0) is 43.9. The Balaban J connectivity index is 1.32. The van der Waals surface area contributed by atoms with Gasteiger partial charge in [-0.3, -0.25) is 28.4 Å². The van der Waals surface area contributed by atoms with Crippen LogP contribution in [0.5, 0.6) is 5.88 Å². The van der Waals surface area contributed by atoms with E-state index in [0.29, 0.717) is 64.9 Å². The third kappa shape index (κ3) is 7.77. The van der Waals surface area contributed by atoms with E-state index in [0.717, 1.165) is 18.7 Å². The number of aromatic nitrogens is 3. The maximum Gasteiger partial charge on any atom is 0.408 e. The Labute approximate surface area is 352 Å². The Kier molecular flexibility index (Phi) is 10.9. The molecule has 60 heavy (non-hydrogen) atoms. The fourth-order valence-corrected chi connectivity index (χ4v) is 10.2. The van der Waals surface area contributed by atoms with Crippen molar-refractivity contribution in [2.45, 2.75) is 133 Å². The number of carbonyl (C=O) groups excluding carboxylic acids is 3. The number of amides is 4. The number of sulfonamides is 1. The molecule has 2 aliphatic carbocycles. The third-order valence-electron chi connectivity index (χ3n) is 13.1. The fourth-order valence-electron chi connectivity index (χ4n) is 8.69. The highest BCUT2D eigenvalue weighted by Gasteiger charge is 2.63. The highest BCUT2D eigenvalue weighted by molar-refractivity contribution is 7.91. The first-order valence-electron chi connectivity index (χ1n) is 20.3. The zero-order valence-electron chi connectivity index (χ0n) is 34.7. The second kappa shape index (κ2) is 15.1. The van der Waals surface area contributed by atoms with Crippen molar-refractivity contribution >= 4 is 62.1 Å². The molecule has 19 heteroatoms. The van der Waals surface area contributed by atoms with Crippen LogP contribution in [-0.4, -0.2) is 108 Å². The molecular formula is C41H52ClF2N7O8S. The van der Waals surface area contributed by atoms with Crippen molar-refractivity contribution in [2.24, 2.45) is 17.8 Å². The summed E-state index contributed by atoms with van der Waals surface area (Å²) in [6.45, 7) is 9.31. The molecule has 2 saturated carbocycles. The lowest BCUT2D eigenvalue weighted by atomic mass is 9.84. The van der Waals surface area contributed by atoms with Crippen LogP contribution in [0.1, 0.15) is 92.2 Å². The first-order valence-corrected chi connectivity index (χ1v) is 22.1. The summed E-state index contributed by atoms with van der Waals surface area (Å²) in [5.41, 5.74) is -2.74. The summed E-state index contributed by atoms with van der Waals surface area (Å²) < 4.78 is 66.7. The number of benzene rings is 1. The maximum absolute atomic E-state index is 15.4. The van der Waals surface area contributed by atoms with Crippen molar-refractivity contribution in [3.05, 3.63) is 47.3 Å². The molecule has 0 spiro atoms. The number of allylic oxidation sites excluding steroid dienone is 1. The van der Waals surface area contributed by atoms with Gasteiger partial charge in [0.15, 0.2) is 0 Å². The second-order valence-electron chi connectivity index (χ2n) is 18.1. The molecule has 2 aromatic heterocycles. The molecule has 15 nitrogen and oxygen atoms in total. The predicted octanol–water partition coefficient (Wildman–Crippen LogP) is 5.86. The lowest BCUT2D eigenvalue weighted by Crippen LogP contribution is -2.66. The van der Waals surface area contributed by atoms with Crippen LogP contribution in [0.15, 0.2) is 36.5 Å². The Bertz CT molecular complexity index is 2400. The number of rotatable bonds is 8. The number of halogens is 3. The van der Waals surface area contributed by atoms with Crippen LogP contribution in [0.25, 0.3) is 16.7 Å². The Morgan fingerprint density at radius 2 is 1.83 bits per heavy atom. The number of nitrogens with one attached hydrogen (secondary N) is 2. The lowest BCUT2D eigenvalue weighted by molar-refractivity contribution is -0.156. The minimum atomic E-state index is -4.10. The molecule has 326 valence electrons. The molecule has 3 fully saturated rings. The van der Waals surface area contributed by atoms with E-state index in [-0.39, 0.29) is 37.6 Å². The van der Waals surface area contributed by atoms with Gasteiger partial charge in [0.2, 0.25) is 33.5 Å². The van der Waals surface area contributed by atoms with Gasteiger partial charge in [-0.15, -0.1) is 0 Å². The predicted molar refractivity (Wildman–Crippen MR) is 218 cm³/mol. The van der Waals surface area contributed by atoms with Crippen LogP contribution in [0, 0.1) is 24.7 Å². The molecule has 7 rings (SSSR count). The molecule has 7 atom stereocenters. The first kappa shape index (κ1) is 43.5. The highest BCUT2D eigenvalue weighted by atomic mass is 35.5. The van der Waals surface area contributed by atoms with Crippen molar-refractivity contribution in [3.8, 4) is 5.88 Å². The van der Waals surface area contributed by atoms with Crippen molar-refractivity contribution in [1.29, 1.82) is 0 Å². The van der Waals surface area contributed by atoms with Gasteiger partial charge in [-0.1, -0.05) is 37.6 Å². The molecule has 4 amide bonds. The van der Waals surface area contributed by atoms with E-state index >= 15 is 13.6 Å². The number of hydrogen-bond donors (Lipinski definition) is 3. The van der Waals surface area contributed by atoms with Crippen LogP contribution in [0.2, 0.25) is 5.02 Å². The normalized spacial score (nSPS) is 28.6. The molecule has 0 bridgehead atoms. The number of carbonyl (C=O) groups is 4. The van der Waals surface area contributed by atoms with Crippen LogP contribution in [0.4, 0.5) is 13.6 Å². The molecule has 3 N–H and O–H groups in total. The van der Waals surface area contributed by atoms with Crippen molar-refractivity contribution in [3.63, 3.8) is 0 Å². The van der Waals surface area contributed by atoms with E-state index in [2.05, 4.69) is 20.0 Å². The van der Waals surface area contributed by atoms with Gasteiger partial charge in [0.05, 0.1) is 27.9 Å². The average molecular weight is 876 g/mol. The Hall–Kier alpha value is -4.58. The van der Waals surface area contributed by atoms with Gasteiger partial charge in [0.1, 0.15) is 29.3 Å². The summed E-state index contributed by atoms with van der Waals surface area (Å²) in [4.78, 5) is 67.9. The van der Waals surface area contributed by atoms with Gasteiger partial charge >= 0.3 is 6.09 Å². The number of ether oxygens (including phenoxy) is 1. The smallest absolute Gasteiger partial charge is 0.408 e. The van der Waals surface area contributed by atoms with E-state index in [9.17, 15) is 27.9 Å². The van der Waals surface area contributed by atoms with Crippen LogP contribution in [0.3, 0.4) is 0 Å². The lowest BCUT2D eigenvalue weighted by Gasteiger charge is -2.47. The summed E-state index contributed by atoms with van der Waals surface area (Å²) >= 11 is 6.42. The minimum absolute atomic E-state index is 0.0795. The number of nitrogens with zero attached hydrogens (tertiary/aromatic N) is 5. The highest BCUT2D eigenvalue weighted by Crippen LogP contribution is 2.48. The molecule has 1 aromatic carbocycles. The second-order valence-corrected chi connectivity index (χ2v) is 20.8. The molecular weight excluding hydrogens is 824 g/mol. The van der Waals surface area contributed by atoms with Crippen LogP contribution < -0.4 is 14.8 Å². The minimum Gasteiger partial charge on any atom is -0.472 e. The number of imidazole rings is 1. The van der Waals surface area contributed by atoms with Crippen LogP contribution >= 0.6 is 11.6 Å². The molecule has 2 aliphatic heterocycles. The number of aryl methyl sites for hydroxylation is 1. The van der Waals surface area contributed by atoms with Gasteiger partial charge in [-0.25, -0.2) is 27.0 Å².